The summed E-state index contributed by atoms with van der Waals surface area (Å²) in [5.74, 6) is -0.920. The molecule has 0 fully saturated rings. The molecule has 1 aromatic heterocycles. The van der Waals surface area contributed by atoms with Crippen LogP contribution in [0.2, 0.25) is 0 Å². The third-order valence-electron chi connectivity index (χ3n) is 2.76. The fraction of sp³-hybridized carbons (Fsp3) is 0.500. The van der Waals surface area contributed by atoms with Crippen LogP contribution in [0.5, 0.6) is 0 Å². The lowest BCUT2D eigenvalue weighted by Crippen LogP contribution is -2.42. The third kappa shape index (κ3) is 3.54. The topological polar surface area (TPSA) is 69.6 Å². The van der Waals surface area contributed by atoms with Crippen molar-refractivity contribution in [1.82, 2.24) is 10.2 Å². The Hall–Kier alpha value is -1.40. The van der Waals surface area contributed by atoms with Gasteiger partial charge in [0.15, 0.2) is 0 Å². The molecule has 18 heavy (non-hydrogen) atoms. The number of amides is 1. The van der Waals surface area contributed by atoms with Crippen molar-refractivity contribution in [3.05, 3.63) is 21.9 Å². The van der Waals surface area contributed by atoms with Crippen molar-refractivity contribution in [1.29, 1.82) is 0 Å². The molecule has 0 saturated carbocycles. The zero-order chi connectivity index (χ0) is 13.7. The number of carboxylic acid groups (broad SMARTS) is 1. The molecule has 0 saturated heterocycles. The lowest BCUT2D eigenvalue weighted by Gasteiger charge is -2.20. The summed E-state index contributed by atoms with van der Waals surface area (Å²) in [7, 11) is 1.74. The standard InChI is InChI=1S/C12H18N2O3S/c1-4-14(3)11(15)8(2)13-7-9-5-6-18-10(9)12(16)17/h5-6,8,13H,4,7H2,1-3H3,(H,16,17). The molecule has 0 radical (unpaired) electrons. The molecule has 0 aromatic carbocycles. The van der Waals surface area contributed by atoms with Crippen LogP contribution in [-0.2, 0) is 11.3 Å². The van der Waals surface area contributed by atoms with E-state index in [0.29, 0.717) is 23.5 Å². The Morgan fingerprint density at radius 2 is 2.22 bits per heavy atom. The van der Waals surface area contributed by atoms with E-state index >= 15 is 0 Å². The number of aromatic carboxylic acids is 1. The highest BCUT2D eigenvalue weighted by atomic mass is 32.1. The van der Waals surface area contributed by atoms with E-state index in [-0.39, 0.29) is 11.9 Å². The maximum atomic E-state index is 11.8. The first-order chi connectivity index (χ1) is 8.47. The molecule has 100 valence electrons. The van der Waals surface area contributed by atoms with Crippen molar-refractivity contribution in [2.24, 2.45) is 0 Å². The number of thiophene rings is 1. The van der Waals surface area contributed by atoms with E-state index in [1.807, 2.05) is 6.92 Å². The Bertz CT molecular complexity index is 431. The van der Waals surface area contributed by atoms with E-state index in [4.69, 9.17) is 5.11 Å². The fourth-order valence-electron chi connectivity index (χ4n) is 1.50. The molecule has 0 aliphatic carbocycles. The van der Waals surface area contributed by atoms with Gasteiger partial charge in [-0.15, -0.1) is 11.3 Å². The monoisotopic (exact) mass is 270 g/mol. The second-order valence-corrected chi connectivity index (χ2v) is 4.95. The maximum absolute atomic E-state index is 11.8. The van der Waals surface area contributed by atoms with E-state index in [0.717, 1.165) is 0 Å². The SMILES string of the molecule is CCN(C)C(=O)C(C)NCc1ccsc1C(=O)O. The number of hydrogen-bond acceptors (Lipinski definition) is 4. The van der Waals surface area contributed by atoms with Gasteiger partial charge in [-0.25, -0.2) is 4.79 Å². The van der Waals surface area contributed by atoms with E-state index in [9.17, 15) is 9.59 Å². The van der Waals surface area contributed by atoms with Crippen LogP contribution in [0.15, 0.2) is 11.4 Å². The van der Waals surface area contributed by atoms with Crippen LogP contribution in [0.3, 0.4) is 0 Å². The predicted molar refractivity (Wildman–Crippen MR) is 70.9 cm³/mol. The van der Waals surface area contributed by atoms with Gasteiger partial charge in [-0.1, -0.05) is 0 Å². The molecule has 1 atom stereocenters. The van der Waals surface area contributed by atoms with Gasteiger partial charge in [-0.05, 0) is 30.9 Å². The van der Waals surface area contributed by atoms with Gasteiger partial charge in [-0.2, -0.15) is 0 Å². The summed E-state index contributed by atoms with van der Waals surface area (Å²) in [6, 6.07) is 1.44. The van der Waals surface area contributed by atoms with Crippen LogP contribution in [-0.4, -0.2) is 41.5 Å². The molecule has 6 heteroatoms. The molecule has 1 rings (SSSR count). The minimum Gasteiger partial charge on any atom is -0.477 e. The molecule has 1 amide bonds. The van der Waals surface area contributed by atoms with Gasteiger partial charge in [0.05, 0.1) is 6.04 Å². The minimum absolute atomic E-state index is 0.00426. The minimum atomic E-state index is -0.925. The van der Waals surface area contributed by atoms with Crippen LogP contribution >= 0.6 is 11.3 Å². The summed E-state index contributed by atoms with van der Waals surface area (Å²) < 4.78 is 0. The predicted octanol–water partition coefficient (Wildman–Crippen LogP) is 1.40. The molecule has 1 heterocycles. The molecule has 2 N–H and O–H groups in total. The second-order valence-electron chi connectivity index (χ2n) is 4.04. The maximum Gasteiger partial charge on any atom is 0.346 e. The van der Waals surface area contributed by atoms with Crippen LogP contribution in [0.1, 0.15) is 29.1 Å². The molecular weight excluding hydrogens is 252 g/mol. The van der Waals surface area contributed by atoms with Gasteiger partial charge in [-0.3, -0.25) is 4.79 Å². The molecule has 0 aliphatic rings. The summed E-state index contributed by atoms with van der Waals surface area (Å²) in [5.41, 5.74) is 0.714. The molecule has 5 nitrogen and oxygen atoms in total. The summed E-state index contributed by atoms with van der Waals surface area (Å²) in [6.45, 7) is 4.73. The molecule has 0 bridgehead atoms. The van der Waals surface area contributed by atoms with Gasteiger partial charge in [0.25, 0.3) is 0 Å². The van der Waals surface area contributed by atoms with Gasteiger partial charge in [0.2, 0.25) is 5.91 Å². The molecular formula is C12H18N2O3S. The lowest BCUT2D eigenvalue weighted by atomic mass is 10.2. The van der Waals surface area contributed by atoms with Gasteiger partial charge in [0.1, 0.15) is 4.88 Å². The van der Waals surface area contributed by atoms with Crippen LogP contribution in [0, 0.1) is 0 Å². The summed E-state index contributed by atoms with van der Waals surface area (Å²) in [5, 5.41) is 13.8. The number of nitrogens with zero attached hydrogens (tertiary/aromatic N) is 1. The highest BCUT2D eigenvalue weighted by molar-refractivity contribution is 7.12. The first-order valence-corrected chi connectivity index (χ1v) is 6.63. The summed E-state index contributed by atoms with van der Waals surface area (Å²) in [4.78, 5) is 24.7. The Morgan fingerprint density at radius 3 is 2.78 bits per heavy atom. The average molecular weight is 270 g/mol. The number of carbonyl (C=O) groups is 2. The molecule has 1 aromatic rings. The zero-order valence-electron chi connectivity index (χ0n) is 10.8. The summed E-state index contributed by atoms with van der Waals surface area (Å²) >= 11 is 1.19. The van der Waals surface area contributed by atoms with E-state index in [1.54, 1.807) is 30.3 Å². The number of likely N-dealkylation sites (N-methyl/N-ethyl adjacent to an activating group) is 1. The van der Waals surface area contributed by atoms with Gasteiger partial charge >= 0.3 is 5.97 Å². The lowest BCUT2D eigenvalue weighted by molar-refractivity contribution is -0.131. The highest BCUT2D eigenvalue weighted by Gasteiger charge is 2.17. The first kappa shape index (κ1) is 14.7. The Labute approximate surface area is 110 Å². The van der Waals surface area contributed by atoms with Crippen LogP contribution in [0.4, 0.5) is 0 Å². The van der Waals surface area contributed by atoms with E-state index in [1.165, 1.54) is 11.3 Å². The average Bonchev–Trinajstić information content (AvgIpc) is 2.82. The highest BCUT2D eigenvalue weighted by Crippen LogP contribution is 2.16. The number of carboxylic acids is 1. The number of nitrogens with one attached hydrogen (secondary N) is 1. The smallest absolute Gasteiger partial charge is 0.346 e. The Balaban J connectivity index is 2.57. The van der Waals surface area contributed by atoms with Gasteiger partial charge in [0, 0.05) is 20.1 Å². The van der Waals surface area contributed by atoms with Crippen molar-refractivity contribution < 1.29 is 14.7 Å². The van der Waals surface area contributed by atoms with Crippen molar-refractivity contribution >= 4 is 23.2 Å². The summed E-state index contributed by atoms with van der Waals surface area (Å²) in [6.07, 6.45) is 0. The number of rotatable bonds is 6. The number of hydrogen-bond donors (Lipinski definition) is 2. The Kier molecular flexibility index (Phi) is 5.30. The molecule has 0 aliphatic heterocycles. The quantitative estimate of drug-likeness (QED) is 0.820. The molecule has 0 spiro atoms. The van der Waals surface area contributed by atoms with Crippen molar-refractivity contribution in [2.45, 2.75) is 26.4 Å². The van der Waals surface area contributed by atoms with Crippen LogP contribution < -0.4 is 5.32 Å². The Morgan fingerprint density at radius 1 is 1.56 bits per heavy atom. The van der Waals surface area contributed by atoms with Crippen molar-refractivity contribution in [3.63, 3.8) is 0 Å². The number of carbonyl (C=O) groups excluding carboxylic acids is 1. The molecule has 1 unspecified atom stereocenters. The first-order valence-electron chi connectivity index (χ1n) is 5.75. The normalized spacial score (nSPS) is 12.2. The second kappa shape index (κ2) is 6.51. The van der Waals surface area contributed by atoms with E-state index in [2.05, 4.69) is 5.32 Å². The van der Waals surface area contributed by atoms with Crippen molar-refractivity contribution in [2.75, 3.05) is 13.6 Å². The third-order valence-corrected chi connectivity index (χ3v) is 3.71. The van der Waals surface area contributed by atoms with Gasteiger partial charge < -0.3 is 15.3 Å². The van der Waals surface area contributed by atoms with E-state index < -0.39 is 5.97 Å². The zero-order valence-corrected chi connectivity index (χ0v) is 11.6. The largest absolute Gasteiger partial charge is 0.477 e. The fourth-order valence-corrected chi connectivity index (χ4v) is 2.26. The van der Waals surface area contributed by atoms with Crippen LogP contribution in [0.25, 0.3) is 0 Å². The van der Waals surface area contributed by atoms with Crippen molar-refractivity contribution in [3.8, 4) is 0 Å².